The topological polar surface area (TPSA) is 58.4 Å². The lowest BCUT2D eigenvalue weighted by molar-refractivity contribution is 0.0224. The van der Waals surface area contributed by atoms with E-state index >= 15 is 0 Å². The Morgan fingerprint density at radius 2 is 1.89 bits per heavy atom. The molecule has 1 aromatic heterocycles. The lowest BCUT2D eigenvalue weighted by Crippen LogP contribution is -2.12. The first-order chi connectivity index (χ1) is 8.86. The van der Waals surface area contributed by atoms with E-state index in [-0.39, 0.29) is 0 Å². The summed E-state index contributed by atoms with van der Waals surface area (Å²) in [6.45, 7) is 3.66. The maximum atomic E-state index is 5.62. The van der Waals surface area contributed by atoms with Gasteiger partial charge < -0.3 is 14.2 Å². The predicted octanol–water partition coefficient (Wildman–Crippen LogP) is 0.739. The highest BCUT2D eigenvalue weighted by atomic mass is 35.5. The van der Waals surface area contributed by atoms with Crippen LogP contribution in [0.5, 0.6) is 0 Å². The molecule has 0 spiro atoms. The molecule has 7 heteroatoms. The van der Waals surface area contributed by atoms with Crippen molar-refractivity contribution in [3.05, 3.63) is 11.9 Å². The van der Waals surface area contributed by atoms with Crippen LogP contribution in [-0.2, 0) is 27.2 Å². The van der Waals surface area contributed by atoms with E-state index < -0.39 is 0 Å². The summed E-state index contributed by atoms with van der Waals surface area (Å²) in [6, 6.07) is 0. The molecule has 0 aromatic carbocycles. The summed E-state index contributed by atoms with van der Waals surface area (Å²) in [6.07, 6.45) is 2.64. The monoisotopic (exact) mass is 277 g/mol. The molecule has 0 saturated heterocycles. The molecular weight excluding hydrogens is 258 g/mol. The molecule has 1 heterocycles. The maximum absolute atomic E-state index is 5.62. The van der Waals surface area contributed by atoms with Crippen molar-refractivity contribution in [3.8, 4) is 0 Å². The van der Waals surface area contributed by atoms with Gasteiger partial charge >= 0.3 is 0 Å². The summed E-state index contributed by atoms with van der Waals surface area (Å²) in [5, 5.41) is 7.96. The van der Waals surface area contributed by atoms with Crippen LogP contribution in [0.15, 0.2) is 6.20 Å². The number of aromatic nitrogens is 3. The van der Waals surface area contributed by atoms with E-state index in [9.17, 15) is 0 Å². The molecule has 104 valence electrons. The van der Waals surface area contributed by atoms with Gasteiger partial charge in [0.1, 0.15) is 0 Å². The van der Waals surface area contributed by atoms with E-state index in [4.69, 9.17) is 25.8 Å². The average molecular weight is 278 g/mol. The summed E-state index contributed by atoms with van der Waals surface area (Å²) in [7, 11) is 1.65. The largest absolute Gasteiger partial charge is 0.382 e. The standard InChI is InChI=1S/C11H20ClN3O3/c1-16-6-7-18-9-8-17-5-4-15-10-11(2-3-12)13-14-15/h10H,2-9H2,1H3. The van der Waals surface area contributed by atoms with Gasteiger partial charge in [0.2, 0.25) is 0 Å². The molecule has 0 radical (unpaired) electrons. The van der Waals surface area contributed by atoms with E-state index in [1.54, 1.807) is 11.8 Å². The number of rotatable bonds is 11. The van der Waals surface area contributed by atoms with Crippen LogP contribution in [0.2, 0.25) is 0 Å². The van der Waals surface area contributed by atoms with E-state index in [0.29, 0.717) is 45.5 Å². The third-order valence-electron chi connectivity index (χ3n) is 2.21. The molecule has 18 heavy (non-hydrogen) atoms. The highest BCUT2D eigenvalue weighted by Gasteiger charge is 1.99. The average Bonchev–Trinajstić information content (AvgIpc) is 2.81. The van der Waals surface area contributed by atoms with E-state index in [1.807, 2.05) is 6.20 Å². The zero-order valence-corrected chi connectivity index (χ0v) is 11.4. The van der Waals surface area contributed by atoms with Gasteiger partial charge in [-0.2, -0.15) is 0 Å². The Hall–Kier alpha value is -0.690. The summed E-state index contributed by atoms with van der Waals surface area (Å²) < 4.78 is 17.3. The van der Waals surface area contributed by atoms with Crippen molar-refractivity contribution in [2.75, 3.05) is 46.0 Å². The molecule has 0 aliphatic heterocycles. The van der Waals surface area contributed by atoms with Crippen LogP contribution >= 0.6 is 11.6 Å². The molecule has 0 bridgehead atoms. The van der Waals surface area contributed by atoms with Gasteiger partial charge in [-0.15, -0.1) is 16.7 Å². The van der Waals surface area contributed by atoms with Crippen molar-refractivity contribution in [1.82, 2.24) is 15.0 Å². The second kappa shape index (κ2) is 10.3. The molecule has 0 atom stereocenters. The van der Waals surface area contributed by atoms with E-state index in [2.05, 4.69) is 10.3 Å². The Labute approximate surface area is 112 Å². The van der Waals surface area contributed by atoms with Crippen LogP contribution < -0.4 is 0 Å². The maximum Gasteiger partial charge on any atom is 0.0839 e. The summed E-state index contributed by atoms with van der Waals surface area (Å²) >= 11 is 5.62. The van der Waals surface area contributed by atoms with Gasteiger partial charge in [-0.25, -0.2) is 4.68 Å². The second-order valence-corrected chi connectivity index (χ2v) is 4.01. The third-order valence-corrected chi connectivity index (χ3v) is 2.39. The predicted molar refractivity (Wildman–Crippen MR) is 68.0 cm³/mol. The van der Waals surface area contributed by atoms with Crippen LogP contribution in [0.4, 0.5) is 0 Å². The van der Waals surface area contributed by atoms with Gasteiger partial charge in [0.25, 0.3) is 0 Å². The van der Waals surface area contributed by atoms with Gasteiger partial charge in [0.05, 0.1) is 45.3 Å². The number of alkyl halides is 1. The number of hydrogen-bond donors (Lipinski definition) is 0. The molecule has 0 N–H and O–H groups in total. The first kappa shape index (κ1) is 15.4. The molecule has 1 aromatic rings. The van der Waals surface area contributed by atoms with Crippen molar-refractivity contribution in [1.29, 1.82) is 0 Å². The van der Waals surface area contributed by atoms with E-state index in [0.717, 1.165) is 12.1 Å². The lowest BCUT2D eigenvalue weighted by atomic mass is 10.4. The lowest BCUT2D eigenvalue weighted by Gasteiger charge is -2.05. The fourth-order valence-corrected chi connectivity index (χ4v) is 1.48. The minimum atomic E-state index is 0.563. The third kappa shape index (κ3) is 6.90. The van der Waals surface area contributed by atoms with Crippen molar-refractivity contribution < 1.29 is 14.2 Å². The Balaban J connectivity index is 1.96. The van der Waals surface area contributed by atoms with Gasteiger partial charge in [-0.3, -0.25) is 0 Å². The van der Waals surface area contributed by atoms with Crippen LogP contribution in [0, 0.1) is 0 Å². The van der Waals surface area contributed by atoms with Crippen molar-refractivity contribution >= 4 is 11.6 Å². The van der Waals surface area contributed by atoms with Crippen LogP contribution in [0.1, 0.15) is 5.69 Å². The van der Waals surface area contributed by atoms with Gasteiger partial charge in [0, 0.05) is 25.6 Å². The van der Waals surface area contributed by atoms with Gasteiger partial charge in [-0.05, 0) is 0 Å². The smallest absolute Gasteiger partial charge is 0.0839 e. The fraction of sp³-hybridized carbons (Fsp3) is 0.818. The van der Waals surface area contributed by atoms with Crippen molar-refractivity contribution in [3.63, 3.8) is 0 Å². The Bertz CT molecular complexity index is 309. The molecule has 0 fully saturated rings. The normalized spacial score (nSPS) is 11.0. The highest BCUT2D eigenvalue weighted by Crippen LogP contribution is 1.96. The highest BCUT2D eigenvalue weighted by molar-refractivity contribution is 6.17. The quantitative estimate of drug-likeness (QED) is 0.441. The Morgan fingerprint density at radius 3 is 2.61 bits per heavy atom. The Kier molecular flexibility index (Phi) is 8.75. The van der Waals surface area contributed by atoms with Crippen molar-refractivity contribution in [2.45, 2.75) is 13.0 Å². The minimum absolute atomic E-state index is 0.563. The number of ether oxygens (including phenoxy) is 3. The van der Waals surface area contributed by atoms with Gasteiger partial charge in [-0.1, -0.05) is 5.21 Å². The van der Waals surface area contributed by atoms with E-state index in [1.165, 1.54) is 0 Å². The molecule has 0 saturated carbocycles. The molecule has 1 rings (SSSR count). The number of hydrogen-bond acceptors (Lipinski definition) is 5. The molecule has 0 aliphatic rings. The molecule has 0 amide bonds. The number of aryl methyl sites for hydroxylation is 1. The van der Waals surface area contributed by atoms with Crippen LogP contribution in [-0.4, -0.2) is 61.0 Å². The summed E-state index contributed by atoms with van der Waals surface area (Å²) in [5.41, 5.74) is 0.910. The number of nitrogens with zero attached hydrogens (tertiary/aromatic N) is 3. The summed E-state index contributed by atoms with van der Waals surface area (Å²) in [5.74, 6) is 0.563. The summed E-state index contributed by atoms with van der Waals surface area (Å²) in [4.78, 5) is 0. The molecule has 6 nitrogen and oxygen atoms in total. The number of halogens is 1. The van der Waals surface area contributed by atoms with Crippen molar-refractivity contribution in [2.24, 2.45) is 0 Å². The first-order valence-corrected chi connectivity index (χ1v) is 6.49. The Morgan fingerprint density at radius 1 is 1.17 bits per heavy atom. The number of methoxy groups -OCH3 is 1. The zero-order chi connectivity index (χ0) is 13.1. The first-order valence-electron chi connectivity index (χ1n) is 5.96. The fourth-order valence-electron chi connectivity index (χ4n) is 1.28. The molecule has 0 aliphatic carbocycles. The zero-order valence-electron chi connectivity index (χ0n) is 10.7. The van der Waals surface area contributed by atoms with Crippen LogP contribution in [0.25, 0.3) is 0 Å². The second-order valence-electron chi connectivity index (χ2n) is 3.63. The SMILES string of the molecule is COCCOCCOCCn1cc(CCCl)nn1. The molecule has 0 unspecified atom stereocenters. The minimum Gasteiger partial charge on any atom is -0.382 e. The molecular formula is C11H20ClN3O3. The van der Waals surface area contributed by atoms with Crippen LogP contribution in [0.3, 0.4) is 0 Å². The van der Waals surface area contributed by atoms with Gasteiger partial charge in [0.15, 0.2) is 0 Å².